The van der Waals surface area contributed by atoms with Crippen molar-refractivity contribution in [2.24, 2.45) is 0 Å². The van der Waals surface area contributed by atoms with Crippen molar-refractivity contribution < 1.29 is 4.79 Å². The van der Waals surface area contributed by atoms with Crippen LogP contribution in [-0.4, -0.2) is 54.0 Å². The number of H-pyrrole nitrogens is 2. The zero-order valence-electron chi connectivity index (χ0n) is 12.8. The first-order valence-electron chi connectivity index (χ1n) is 7.69. The third kappa shape index (κ3) is 2.56. The molecule has 1 fully saturated rings. The van der Waals surface area contributed by atoms with Crippen molar-refractivity contribution in [3.63, 3.8) is 0 Å². The smallest absolute Gasteiger partial charge is 0.272 e. The number of imidazole rings is 1. The molecule has 0 spiro atoms. The number of piperidine rings is 1. The van der Waals surface area contributed by atoms with Crippen LogP contribution in [0.1, 0.15) is 40.9 Å². The Balaban J connectivity index is 1.55. The number of likely N-dealkylation sites (tertiary alicyclic amines) is 1. The molecule has 1 saturated heterocycles. The Kier molecular flexibility index (Phi) is 3.29. The highest BCUT2D eigenvalue weighted by Crippen LogP contribution is 2.25. The number of carbonyl (C=O) groups is 1. The molecule has 0 saturated carbocycles. The second kappa shape index (κ2) is 5.45. The molecule has 0 aliphatic carbocycles. The van der Waals surface area contributed by atoms with Crippen molar-refractivity contribution in [1.82, 2.24) is 35.0 Å². The van der Waals surface area contributed by atoms with E-state index >= 15 is 0 Å². The highest BCUT2D eigenvalue weighted by atomic mass is 16.2. The number of aromatic nitrogens is 6. The topological polar surface area (TPSA) is 103 Å². The van der Waals surface area contributed by atoms with Gasteiger partial charge in [-0.15, -0.1) is 0 Å². The predicted molar refractivity (Wildman–Crippen MR) is 82.9 cm³/mol. The first kappa shape index (κ1) is 13.9. The van der Waals surface area contributed by atoms with E-state index in [0.717, 1.165) is 36.6 Å². The molecule has 8 heteroatoms. The van der Waals surface area contributed by atoms with Gasteiger partial charge >= 0.3 is 0 Å². The Morgan fingerprint density at radius 3 is 3.09 bits per heavy atom. The van der Waals surface area contributed by atoms with Crippen LogP contribution in [-0.2, 0) is 0 Å². The number of fused-ring (bicyclic) bond motifs is 1. The van der Waals surface area contributed by atoms with E-state index in [4.69, 9.17) is 0 Å². The van der Waals surface area contributed by atoms with Crippen molar-refractivity contribution in [2.75, 3.05) is 13.1 Å². The van der Waals surface area contributed by atoms with E-state index in [0.29, 0.717) is 17.9 Å². The molecular weight excluding hydrogens is 294 g/mol. The average molecular weight is 311 g/mol. The molecule has 1 aliphatic heterocycles. The van der Waals surface area contributed by atoms with E-state index in [9.17, 15) is 4.79 Å². The number of nitrogens with one attached hydrogen (secondary N) is 2. The molecule has 0 bridgehead atoms. The van der Waals surface area contributed by atoms with Gasteiger partial charge in [-0.05, 0) is 31.9 Å². The summed E-state index contributed by atoms with van der Waals surface area (Å²) in [5, 5.41) is 7.11. The van der Waals surface area contributed by atoms with Crippen LogP contribution in [0.4, 0.5) is 0 Å². The quantitative estimate of drug-likeness (QED) is 0.744. The van der Waals surface area contributed by atoms with Crippen LogP contribution < -0.4 is 0 Å². The minimum Gasteiger partial charge on any atom is -0.343 e. The van der Waals surface area contributed by atoms with Gasteiger partial charge in [0.15, 0.2) is 11.5 Å². The maximum Gasteiger partial charge on any atom is 0.272 e. The summed E-state index contributed by atoms with van der Waals surface area (Å²) in [5.41, 5.74) is 1.82. The molecule has 1 unspecified atom stereocenters. The predicted octanol–water partition coefficient (Wildman–Crippen LogP) is 1.40. The summed E-state index contributed by atoms with van der Waals surface area (Å²) in [6.07, 6.45) is 3.51. The number of hydrogen-bond donors (Lipinski definition) is 2. The maximum atomic E-state index is 12.7. The molecule has 118 valence electrons. The van der Waals surface area contributed by atoms with Crippen LogP contribution >= 0.6 is 0 Å². The molecule has 1 atom stereocenters. The minimum atomic E-state index is -0.0631. The molecule has 8 nitrogen and oxygen atoms in total. The fraction of sp³-hybridized carbons (Fsp3) is 0.400. The lowest BCUT2D eigenvalue weighted by atomic mass is 9.97. The Morgan fingerprint density at radius 1 is 1.35 bits per heavy atom. The number of pyridine rings is 1. The first-order valence-corrected chi connectivity index (χ1v) is 7.69. The van der Waals surface area contributed by atoms with Crippen LogP contribution in [0.25, 0.3) is 11.2 Å². The summed E-state index contributed by atoms with van der Waals surface area (Å²) in [4.78, 5) is 30.4. The SMILES string of the molecule is Cc1nc(C2CCCN(C(=O)c3ccc4[nH]cnc4n3)C2)n[nH]1. The van der Waals surface area contributed by atoms with Crippen molar-refractivity contribution in [3.8, 4) is 0 Å². The van der Waals surface area contributed by atoms with Gasteiger partial charge in [-0.1, -0.05) is 0 Å². The van der Waals surface area contributed by atoms with Gasteiger partial charge in [0.2, 0.25) is 0 Å². The zero-order valence-corrected chi connectivity index (χ0v) is 12.8. The van der Waals surface area contributed by atoms with E-state index < -0.39 is 0 Å². The summed E-state index contributed by atoms with van der Waals surface area (Å²) < 4.78 is 0. The van der Waals surface area contributed by atoms with Gasteiger partial charge in [0, 0.05) is 19.0 Å². The molecule has 23 heavy (non-hydrogen) atoms. The lowest BCUT2D eigenvalue weighted by Gasteiger charge is -2.31. The Labute approximate surface area is 132 Å². The fourth-order valence-corrected chi connectivity index (χ4v) is 3.02. The van der Waals surface area contributed by atoms with Gasteiger partial charge in [0.25, 0.3) is 5.91 Å². The van der Waals surface area contributed by atoms with E-state index in [1.165, 1.54) is 0 Å². The number of carbonyl (C=O) groups excluding carboxylic acids is 1. The molecule has 1 amide bonds. The molecule has 3 aromatic heterocycles. The second-order valence-corrected chi connectivity index (χ2v) is 5.84. The van der Waals surface area contributed by atoms with E-state index in [1.54, 1.807) is 12.4 Å². The zero-order chi connectivity index (χ0) is 15.8. The normalized spacial score (nSPS) is 18.5. The molecular formula is C15H17N7O. The standard InChI is InChI=1S/C15H17N7O/c1-9-18-13(21-20-9)10-3-2-6-22(7-10)15(23)12-5-4-11-14(19-12)17-8-16-11/h4-5,8,10H,2-3,6-7H2,1H3,(H,16,17,19)(H,18,20,21). The van der Waals surface area contributed by atoms with Crippen LogP contribution in [0.15, 0.2) is 18.5 Å². The van der Waals surface area contributed by atoms with E-state index in [-0.39, 0.29) is 11.8 Å². The lowest BCUT2D eigenvalue weighted by Crippen LogP contribution is -2.39. The van der Waals surface area contributed by atoms with Gasteiger partial charge in [0.1, 0.15) is 11.5 Å². The van der Waals surface area contributed by atoms with E-state index in [1.807, 2.05) is 17.9 Å². The Morgan fingerprint density at radius 2 is 2.26 bits per heavy atom. The minimum absolute atomic E-state index is 0.0631. The third-order valence-corrected chi connectivity index (χ3v) is 4.19. The third-order valence-electron chi connectivity index (χ3n) is 4.19. The van der Waals surface area contributed by atoms with Gasteiger partial charge in [-0.3, -0.25) is 9.89 Å². The lowest BCUT2D eigenvalue weighted by molar-refractivity contribution is 0.0699. The Hall–Kier alpha value is -2.77. The average Bonchev–Trinajstić information content (AvgIpc) is 3.22. The largest absolute Gasteiger partial charge is 0.343 e. The summed E-state index contributed by atoms with van der Waals surface area (Å²) in [6, 6.07) is 3.58. The summed E-state index contributed by atoms with van der Waals surface area (Å²) in [5.74, 6) is 1.70. The highest BCUT2D eigenvalue weighted by molar-refractivity contribution is 5.94. The molecule has 0 aromatic carbocycles. The summed E-state index contributed by atoms with van der Waals surface area (Å²) in [6.45, 7) is 3.24. The van der Waals surface area contributed by atoms with Crippen LogP contribution in [0.3, 0.4) is 0 Å². The molecule has 2 N–H and O–H groups in total. The van der Waals surface area contributed by atoms with Crippen molar-refractivity contribution in [2.45, 2.75) is 25.7 Å². The van der Waals surface area contributed by atoms with Crippen molar-refractivity contribution in [1.29, 1.82) is 0 Å². The van der Waals surface area contributed by atoms with E-state index in [2.05, 4.69) is 30.1 Å². The van der Waals surface area contributed by atoms with Crippen molar-refractivity contribution in [3.05, 3.63) is 35.8 Å². The summed E-state index contributed by atoms with van der Waals surface area (Å²) >= 11 is 0. The highest BCUT2D eigenvalue weighted by Gasteiger charge is 2.28. The number of hydrogen-bond acceptors (Lipinski definition) is 5. The number of rotatable bonds is 2. The fourth-order valence-electron chi connectivity index (χ4n) is 3.02. The molecule has 1 aliphatic rings. The monoisotopic (exact) mass is 311 g/mol. The molecule has 4 heterocycles. The van der Waals surface area contributed by atoms with Crippen LogP contribution in [0.2, 0.25) is 0 Å². The second-order valence-electron chi connectivity index (χ2n) is 5.84. The van der Waals surface area contributed by atoms with Crippen LogP contribution in [0.5, 0.6) is 0 Å². The molecule has 3 aromatic rings. The number of aryl methyl sites for hydroxylation is 1. The number of nitrogens with zero attached hydrogens (tertiary/aromatic N) is 5. The molecule has 4 rings (SSSR count). The molecule has 0 radical (unpaired) electrons. The Bertz CT molecular complexity index is 852. The van der Waals surface area contributed by atoms with Gasteiger partial charge in [0.05, 0.1) is 11.8 Å². The van der Waals surface area contributed by atoms with Crippen LogP contribution in [0, 0.1) is 6.92 Å². The van der Waals surface area contributed by atoms with Gasteiger partial charge in [-0.2, -0.15) is 5.10 Å². The van der Waals surface area contributed by atoms with Crippen molar-refractivity contribution >= 4 is 17.1 Å². The number of aromatic amines is 2. The van der Waals surface area contributed by atoms with Gasteiger partial charge < -0.3 is 9.88 Å². The first-order chi connectivity index (χ1) is 11.2. The van der Waals surface area contributed by atoms with Gasteiger partial charge in [-0.25, -0.2) is 15.0 Å². The maximum absolute atomic E-state index is 12.7. The summed E-state index contributed by atoms with van der Waals surface area (Å²) in [7, 11) is 0. The number of amides is 1.